The third-order valence-corrected chi connectivity index (χ3v) is 5.32. The molecule has 0 saturated heterocycles. The molecular weight excluding hydrogens is 441 g/mol. The van der Waals surface area contributed by atoms with E-state index < -0.39 is 27.0 Å². The minimum atomic E-state index is -4.68. The maximum atomic E-state index is 14.3. The van der Waals surface area contributed by atoms with Crippen LogP contribution >= 0.6 is 11.6 Å². The second-order valence-corrected chi connectivity index (χ2v) is 8.01. The Balaban J connectivity index is 1.87. The van der Waals surface area contributed by atoms with Crippen molar-refractivity contribution in [2.45, 2.75) is 31.2 Å². The second kappa shape index (κ2) is 8.75. The smallest absolute Gasteiger partial charge is 0.335 e. The molecule has 3 rings (SSSR count). The second-order valence-electron chi connectivity index (χ2n) is 6.02. The lowest BCUT2D eigenvalue weighted by Crippen LogP contribution is -2.36. The van der Waals surface area contributed by atoms with Gasteiger partial charge < -0.3 is 4.74 Å². The van der Waals surface area contributed by atoms with Crippen LogP contribution in [0.4, 0.5) is 15.1 Å². The molecule has 0 bridgehead atoms. The molecule has 0 saturated carbocycles. The Bertz CT molecular complexity index is 1200. The van der Waals surface area contributed by atoms with E-state index in [1.807, 2.05) is 6.92 Å². The lowest BCUT2D eigenvalue weighted by Gasteiger charge is -2.08. The van der Waals surface area contributed by atoms with E-state index in [0.717, 1.165) is 17.4 Å². The first kappa shape index (κ1) is 21.6. The summed E-state index contributed by atoms with van der Waals surface area (Å²) in [4.78, 5) is 23.2. The molecule has 3 aromatic rings. The molecule has 0 aliphatic heterocycles. The number of carbonyl (C=O) groups is 1. The number of nitrogens with zero attached hydrogens (tertiary/aromatic N) is 5. The van der Waals surface area contributed by atoms with Gasteiger partial charge in [0.25, 0.3) is 16.0 Å². The highest BCUT2D eigenvalue weighted by Crippen LogP contribution is 2.18. The minimum absolute atomic E-state index is 0.0172. The molecule has 14 heteroatoms. The fraction of sp³-hybridized carbons (Fsp3) is 0.312. The highest BCUT2D eigenvalue weighted by Gasteiger charge is 2.29. The van der Waals surface area contributed by atoms with E-state index in [2.05, 4.69) is 25.4 Å². The Morgan fingerprint density at radius 2 is 2.07 bits per heavy atom. The average molecular weight is 458 g/mol. The number of urea groups is 1. The highest BCUT2D eigenvalue weighted by atomic mass is 35.5. The maximum absolute atomic E-state index is 14.3. The van der Waals surface area contributed by atoms with Gasteiger partial charge in [0.2, 0.25) is 16.9 Å². The lowest BCUT2D eigenvalue weighted by molar-refractivity contribution is 0.256. The number of imidazole rings is 1. The van der Waals surface area contributed by atoms with E-state index in [0.29, 0.717) is 12.1 Å². The van der Waals surface area contributed by atoms with E-state index in [1.54, 1.807) is 10.8 Å². The van der Waals surface area contributed by atoms with Crippen molar-refractivity contribution in [1.82, 2.24) is 29.3 Å². The van der Waals surface area contributed by atoms with Gasteiger partial charge >= 0.3 is 6.03 Å². The number of anilines is 1. The molecular formula is C16H17ClFN7O4S. The summed E-state index contributed by atoms with van der Waals surface area (Å²) in [5.74, 6) is -1.56. The molecule has 0 aliphatic carbocycles. The van der Waals surface area contributed by atoms with Crippen LogP contribution in [-0.4, -0.2) is 46.1 Å². The minimum Gasteiger partial charge on any atom is -0.481 e. The van der Waals surface area contributed by atoms with Crippen LogP contribution in [0.3, 0.4) is 0 Å². The van der Waals surface area contributed by atoms with Gasteiger partial charge in [0.05, 0.1) is 12.8 Å². The number of carbonyl (C=O) groups excluding carboxylic acids is 1. The average Bonchev–Trinajstić information content (AvgIpc) is 3.00. The standard InChI is InChI=1S/C16H17ClFN7O4S/c1-3-4-5-9-6-7-11-20-13(18)14(25(11)23-9)30(27,28)24-16(26)22-15-19-10(17)8-12(21-15)29-2/h6-8H,3-5H2,1-2H3,(H2,19,21,22,24,26). The number of aromatic nitrogens is 5. The van der Waals surface area contributed by atoms with Gasteiger partial charge in [-0.2, -0.15) is 32.4 Å². The number of fused-ring (bicyclic) bond motifs is 1. The Hall–Kier alpha value is -3.06. The third kappa shape index (κ3) is 4.74. The van der Waals surface area contributed by atoms with Crippen molar-refractivity contribution in [3.8, 4) is 5.88 Å². The largest absolute Gasteiger partial charge is 0.481 e. The van der Waals surface area contributed by atoms with Crippen LogP contribution in [0.15, 0.2) is 23.2 Å². The SMILES string of the molecule is CCCCc1ccc2nc(F)c(S(=O)(=O)NC(=O)Nc3nc(Cl)cc(OC)n3)n2n1. The summed E-state index contributed by atoms with van der Waals surface area (Å²) in [6, 6.07) is 3.14. The molecule has 0 unspecified atom stereocenters. The van der Waals surface area contributed by atoms with Gasteiger partial charge in [-0.05, 0) is 25.0 Å². The molecule has 2 amide bonds. The van der Waals surface area contributed by atoms with Crippen LogP contribution < -0.4 is 14.8 Å². The van der Waals surface area contributed by atoms with E-state index in [9.17, 15) is 17.6 Å². The quantitative estimate of drug-likeness (QED) is 0.514. The van der Waals surface area contributed by atoms with Crippen molar-refractivity contribution in [1.29, 1.82) is 0 Å². The molecule has 3 aromatic heterocycles. The van der Waals surface area contributed by atoms with E-state index in [1.165, 1.54) is 19.2 Å². The Morgan fingerprint density at radius 1 is 1.30 bits per heavy atom. The predicted molar refractivity (Wildman–Crippen MR) is 104 cm³/mol. The molecule has 0 aromatic carbocycles. The third-order valence-electron chi connectivity index (χ3n) is 3.83. The van der Waals surface area contributed by atoms with Crippen LogP contribution in [0.1, 0.15) is 25.5 Å². The molecule has 0 spiro atoms. The van der Waals surface area contributed by atoms with Crippen molar-refractivity contribution >= 4 is 39.3 Å². The maximum Gasteiger partial charge on any atom is 0.335 e. The number of hydrogen-bond acceptors (Lipinski definition) is 8. The van der Waals surface area contributed by atoms with Gasteiger partial charge in [-0.15, -0.1) is 0 Å². The zero-order valence-electron chi connectivity index (χ0n) is 15.9. The van der Waals surface area contributed by atoms with Gasteiger partial charge in [0, 0.05) is 6.07 Å². The van der Waals surface area contributed by atoms with Crippen LogP contribution in [0.2, 0.25) is 5.15 Å². The van der Waals surface area contributed by atoms with Crippen LogP contribution in [-0.2, 0) is 16.4 Å². The summed E-state index contributed by atoms with van der Waals surface area (Å²) in [6.45, 7) is 1.99. The zero-order valence-corrected chi connectivity index (χ0v) is 17.5. The summed E-state index contributed by atoms with van der Waals surface area (Å²) in [5.41, 5.74) is 0.540. The number of ether oxygens (including phenoxy) is 1. The summed E-state index contributed by atoms with van der Waals surface area (Å²) in [6.07, 6.45) is 2.30. The fourth-order valence-electron chi connectivity index (χ4n) is 2.50. The molecule has 30 heavy (non-hydrogen) atoms. The lowest BCUT2D eigenvalue weighted by atomic mass is 10.2. The van der Waals surface area contributed by atoms with Gasteiger partial charge in [0.15, 0.2) is 5.65 Å². The van der Waals surface area contributed by atoms with Gasteiger partial charge in [-0.25, -0.2) is 14.5 Å². The van der Waals surface area contributed by atoms with E-state index >= 15 is 0 Å². The van der Waals surface area contributed by atoms with Gasteiger partial charge in [-0.1, -0.05) is 24.9 Å². The molecule has 2 N–H and O–H groups in total. The fourth-order valence-corrected chi connectivity index (χ4v) is 3.69. The van der Waals surface area contributed by atoms with Crippen molar-refractivity contribution in [2.24, 2.45) is 0 Å². The first-order valence-corrected chi connectivity index (χ1v) is 10.6. The molecule has 0 aliphatic rings. The van der Waals surface area contributed by atoms with Crippen molar-refractivity contribution < 1.29 is 22.3 Å². The first-order valence-electron chi connectivity index (χ1n) is 8.70. The van der Waals surface area contributed by atoms with Gasteiger partial charge in [-0.3, -0.25) is 5.32 Å². The van der Waals surface area contributed by atoms with E-state index in [-0.39, 0.29) is 22.6 Å². The summed E-state index contributed by atoms with van der Waals surface area (Å²) >= 11 is 5.77. The molecule has 3 heterocycles. The van der Waals surface area contributed by atoms with Crippen LogP contribution in [0.25, 0.3) is 5.65 Å². The summed E-state index contributed by atoms with van der Waals surface area (Å²) in [5, 5.41) is 5.29. The number of halogens is 2. The topological polar surface area (TPSA) is 140 Å². The highest BCUT2D eigenvalue weighted by molar-refractivity contribution is 7.90. The number of hydrogen-bond donors (Lipinski definition) is 2. The van der Waals surface area contributed by atoms with Crippen molar-refractivity contribution in [3.63, 3.8) is 0 Å². The molecule has 160 valence electrons. The van der Waals surface area contributed by atoms with Crippen molar-refractivity contribution in [3.05, 3.63) is 35.0 Å². The number of aryl methyl sites for hydroxylation is 1. The number of unbranched alkanes of at least 4 members (excludes halogenated alkanes) is 1. The number of rotatable bonds is 7. The Kier molecular flexibility index (Phi) is 6.31. The summed E-state index contributed by atoms with van der Waals surface area (Å²) in [7, 11) is -3.35. The van der Waals surface area contributed by atoms with E-state index in [4.69, 9.17) is 16.3 Å². The Labute approximate surface area is 175 Å². The van der Waals surface area contributed by atoms with Crippen molar-refractivity contribution in [2.75, 3.05) is 12.4 Å². The predicted octanol–water partition coefficient (Wildman–Crippen LogP) is 2.17. The Morgan fingerprint density at radius 3 is 2.77 bits per heavy atom. The molecule has 11 nitrogen and oxygen atoms in total. The molecule has 0 radical (unpaired) electrons. The van der Waals surface area contributed by atoms with Crippen LogP contribution in [0.5, 0.6) is 5.88 Å². The number of sulfonamides is 1. The first-order chi connectivity index (χ1) is 14.2. The molecule has 0 fully saturated rings. The number of methoxy groups -OCH3 is 1. The normalized spacial score (nSPS) is 11.5. The zero-order chi connectivity index (χ0) is 21.9. The number of nitrogens with one attached hydrogen (secondary N) is 2. The monoisotopic (exact) mass is 457 g/mol. The summed E-state index contributed by atoms with van der Waals surface area (Å²) < 4.78 is 47.0. The van der Waals surface area contributed by atoms with Gasteiger partial charge in [0.1, 0.15) is 5.15 Å². The van der Waals surface area contributed by atoms with Crippen LogP contribution in [0, 0.1) is 5.95 Å². The number of amides is 2. The molecule has 0 atom stereocenters.